The highest BCUT2D eigenvalue weighted by molar-refractivity contribution is 8.01. The zero-order chi connectivity index (χ0) is 14.7. The van der Waals surface area contributed by atoms with E-state index >= 15 is 0 Å². The van der Waals surface area contributed by atoms with Crippen LogP contribution in [0.5, 0.6) is 0 Å². The number of halogens is 1. The Labute approximate surface area is 124 Å². The number of rotatable bonds is 4. The Bertz CT molecular complexity index is 643. The summed E-state index contributed by atoms with van der Waals surface area (Å²) in [5.41, 5.74) is 7.74. The lowest BCUT2D eigenvalue weighted by Crippen LogP contribution is -2.14. The van der Waals surface area contributed by atoms with Crippen LogP contribution >= 0.6 is 23.1 Å². The highest BCUT2D eigenvalue weighted by atomic mass is 32.2. The molecule has 0 spiro atoms. The lowest BCUT2D eigenvalue weighted by molar-refractivity contribution is -0.113. The van der Waals surface area contributed by atoms with Crippen molar-refractivity contribution in [1.82, 2.24) is 4.98 Å². The first-order valence-corrected chi connectivity index (χ1v) is 7.67. The quantitative estimate of drug-likeness (QED) is 0.851. The van der Waals surface area contributed by atoms with E-state index < -0.39 is 0 Å². The number of aryl methyl sites for hydroxylation is 2. The maximum absolute atomic E-state index is 13.1. The summed E-state index contributed by atoms with van der Waals surface area (Å²) in [7, 11) is 0. The molecule has 1 aromatic heterocycles. The molecule has 1 heterocycles. The smallest absolute Gasteiger partial charge is 0.234 e. The van der Waals surface area contributed by atoms with Crippen LogP contribution in [0, 0.1) is 19.7 Å². The molecule has 2 aromatic rings. The Balaban J connectivity index is 1.96. The topological polar surface area (TPSA) is 68.0 Å². The van der Waals surface area contributed by atoms with Gasteiger partial charge in [-0.1, -0.05) is 17.4 Å². The summed E-state index contributed by atoms with van der Waals surface area (Å²) in [4.78, 5) is 16.0. The highest BCUT2D eigenvalue weighted by Gasteiger charge is 2.10. The van der Waals surface area contributed by atoms with Crippen LogP contribution in [0.15, 0.2) is 22.4 Å². The Hall–Kier alpha value is -1.60. The van der Waals surface area contributed by atoms with Gasteiger partial charge in [-0.3, -0.25) is 4.79 Å². The minimum Gasteiger partial charge on any atom is -0.375 e. The Kier molecular flexibility index (Phi) is 4.61. The van der Waals surface area contributed by atoms with Crippen molar-refractivity contribution in [2.24, 2.45) is 0 Å². The largest absolute Gasteiger partial charge is 0.375 e. The summed E-state index contributed by atoms with van der Waals surface area (Å²) < 4.78 is 14.1. The molecule has 0 saturated carbocycles. The van der Waals surface area contributed by atoms with Gasteiger partial charge in [0.2, 0.25) is 5.91 Å². The molecular weight excluding hydrogens is 297 g/mol. The summed E-state index contributed by atoms with van der Waals surface area (Å²) in [6, 6.07) is 4.31. The van der Waals surface area contributed by atoms with E-state index in [0.717, 1.165) is 15.5 Å². The Morgan fingerprint density at radius 2 is 2.25 bits per heavy atom. The third-order valence-corrected chi connectivity index (χ3v) is 4.93. The molecule has 0 fully saturated rings. The summed E-state index contributed by atoms with van der Waals surface area (Å²) in [5, 5.41) is 3.19. The molecule has 1 amide bonds. The molecule has 4 nitrogen and oxygen atoms in total. The monoisotopic (exact) mass is 311 g/mol. The Morgan fingerprint density at radius 3 is 2.90 bits per heavy atom. The van der Waals surface area contributed by atoms with Gasteiger partial charge < -0.3 is 11.1 Å². The minimum absolute atomic E-state index is 0.185. The van der Waals surface area contributed by atoms with Gasteiger partial charge >= 0.3 is 0 Å². The number of nitrogen functional groups attached to an aromatic ring is 1. The molecule has 3 N–H and O–H groups in total. The van der Waals surface area contributed by atoms with Crippen molar-refractivity contribution < 1.29 is 9.18 Å². The van der Waals surface area contributed by atoms with Crippen molar-refractivity contribution in [3.05, 3.63) is 35.3 Å². The van der Waals surface area contributed by atoms with E-state index in [2.05, 4.69) is 10.3 Å². The van der Waals surface area contributed by atoms with E-state index in [1.165, 1.54) is 35.2 Å². The van der Waals surface area contributed by atoms with Gasteiger partial charge in [-0.2, -0.15) is 0 Å². The summed E-state index contributed by atoms with van der Waals surface area (Å²) in [6.45, 7) is 3.67. The number of amides is 1. The fraction of sp³-hybridized carbons (Fsp3) is 0.231. The van der Waals surface area contributed by atoms with Gasteiger partial charge in [0.1, 0.15) is 5.82 Å². The first-order valence-electron chi connectivity index (χ1n) is 5.87. The van der Waals surface area contributed by atoms with Gasteiger partial charge in [0.05, 0.1) is 15.7 Å². The molecule has 0 bridgehead atoms. The van der Waals surface area contributed by atoms with Crippen LogP contribution in [0.2, 0.25) is 0 Å². The van der Waals surface area contributed by atoms with Crippen molar-refractivity contribution in [3.63, 3.8) is 0 Å². The van der Waals surface area contributed by atoms with E-state index in [9.17, 15) is 9.18 Å². The van der Waals surface area contributed by atoms with Crippen LogP contribution in [-0.4, -0.2) is 16.6 Å². The average Bonchev–Trinajstić information content (AvgIpc) is 2.70. The molecule has 1 aromatic carbocycles. The van der Waals surface area contributed by atoms with Gasteiger partial charge in [-0.25, -0.2) is 9.37 Å². The number of nitrogens with two attached hydrogens (primary N) is 1. The van der Waals surface area contributed by atoms with Crippen molar-refractivity contribution in [2.45, 2.75) is 18.1 Å². The fourth-order valence-corrected chi connectivity index (χ4v) is 3.41. The van der Waals surface area contributed by atoms with E-state index in [1.807, 2.05) is 13.8 Å². The molecule has 2 rings (SSSR count). The molecular formula is C13H14FN3OS2. The van der Waals surface area contributed by atoms with Crippen LogP contribution < -0.4 is 11.1 Å². The third-order valence-electron chi connectivity index (χ3n) is 2.58. The van der Waals surface area contributed by atoms with E-state index in [1.54, 1.807) is 6.07 Å². The summed E-state index contributed by atoms with van der Waals surface area (Å²) in [5.74, 6) is -0.321. The van der Waals surface area contributed by atoms with Gasteiger partial charge in [-0.15, -0.1) is 11.8 Å². The second-order valence-electron chi connectivity index (χ2n) is 4.22. The van der Waals surface area contributed by atoms with Crippen molar-refractivity contribution in [1.29, 1.82) is 0 Å². The second-order valence-corrected chi connectivity index (χ2v) is 6.50. The zero-order valence-corrected chi connectivity index (χ0v) is 12.7. The molecule has 0 aliphatic heterocycles. The number of anilines is 2. The van der Waals surface area contributed by atoms with Gasteiger partial charge in [-0.05, 0) is 31.5 Å². The molecule has 0 radical (unpaired) electrons. The van der Waals surface area contributed by atoms with Crippen LogP contribution in [0.25, 0.3) is 0 Å². The normalized spacial score (nSPS) is 10.6. The maximum atomic E-state index is 13.1. The van der Waals surface area contributed by atoms with E-state index in [0.29, 0.717) is 10.8 Å². The van der Waals surface area contributed by atoms with Crippen LogP contribution in [0.1, 0.15) is 11.3 Å². The van der Waals surface area contributed by atoms with Gasteiger partial charge in [0.25, 0.3) is 0 Å². The zero-order valence-electron chi connectivity index (χ0n) is 11.1. The minimum atomic E-state index is -0.371. The van der Waals surface area contributed by atoms with Crippen LogP contribution in [0.3, 0.4) is 0 Å². The number of hydrogen-bond acceptors (Lipinski definition) is 5. The number of thioether (sulfide) groups is 1. The SMILES string of the molecule is Cc1ccc(F)cc1NC(=O)CSc1sc(N)nc1C. The van der Waals surface area contributed by atoms with Gasteiger partial charge in [0, 0.05) is 5.69 Å². The van der Waals surface area contributed by atoms with Crippen LogP contribution in [0.4, 0.5) is 15.2 Å². The van der Waals surface area contributed by atoms with Crippen molar-refractivity contribution in [2.75, 3.05) is 16.8 Å². The molecule has 0 unspecified atom stereocenters. The fourth-order valence-electron chi connectivity index (χ4n) is 1.58. The number of aromatic nitrogens is 1. The molecule has 0 saturated heterocycles. The predicted molar refractivity (Wildman–Crippen MR) is 81.8 cm³/mol. The average molecular weight is 311 g/mol. The van der Waals surface area contributed by atoms with Crippen LogP contribution in [-0.2, 0) is 4.79 Å². The number of carbonyl (C=O) groups excluding carboxylic acids is 1. The third kappa shape index (κ3) is 3.71. The lowest BCUT2D eigenvalue weighted by Gasteiger charge is -2.08. The number of benzene rings is 1. The number of nitrogens with zero attached hydrogens (tertiary/aromatic N) is 1. The van der Waals surface area contributed by atoms with Gasteiger partial charge in [0.15, 0.2) is 5.13 Å². The second kappa shape index (κ2) is 6.23. The molecule has 106 valence electrons. The number of carbonyl (C=O) groups is 1. The molecule has 0 aliphatic carbocycles. The van der Waals surface area contributed by atoms with Crippen molar-refractivity contribution >= 4 is 39.8 Å². The molecule has 0 aliphatic rings. The van der Waals surface area contributed by atoms with Crippen molar-refractivity contribution in [3.8, 4) is 0 Å². The lowest BCUT2D eigenvalue weighted by atomic mass is 10.2. The molecule has 20 heavy (non-hydrogen) atoms. The predicted octanol–water partition coefficient (Wildman–Crippen LogP) is 3.21. The first kappa shape index (κ1) is 14.8. The van der Waals surface area contributed by atoms with E-state index in [-0.39, 0.29) is 17.5 Å². The first-order chi connectivity index (χ1) is 9.45. The Morgan fingerprint density at radius 1 is 1.50 bits per heavy atom. The summed E-state index contributed by atoms with van der Waals surface area (Å²) in [6.07, 6.45) is 0. The molecule has 0 atom stereocenters. The molecule has 7 heteroatoms. The van der Waals surface area contributed by atoms with E-state index in [4.69, 9.17) is 5.73 Å². The number of hydrogen-bond donors (Lipinski definition) is 2. The number of thiazole rings is 1. The standard InChI is InChI=1S/C13H14FN3OS2/c1-7-3-4-9(14)5-10(7)17-11(18)6-19-12-8(2)16-13(15)20-12/h3-5H,6H2,1-2H3,(H2,15,16)(H,17,18). The summed E-state index contributed by atoms with van der Waals surface area (Å²) >= 11 is 2.73. The number of nitrogens with one attached hydrogen (secondary N) is 1. The maximum Gasteiger partial charge on any atom is 0.234 e. The highest BCUT2D eigenvalue weighted by Crippen LogP contribution is 2.30.